The lowest BCUT2D eigenvalue weighted by Gasteiger charge is -2.32. The first-order valence-corrected chi connectivity index (χ1v) is 8.28. The van der Waals surface area contributed by atoms with Gasteiger partial charge in [0.15, 0.2) is 0 Å². The molecule has 0 unspecified atom stereocenters. The maximum Gasteiger partial charge on any atom is 0.224 e. The highest BCUT2D eigenvalue weighted by Crippen LogP contribution is 2.10. The van der Waals surface area contributed by atoms with Gasteiger partial charge in [-0.3, -0.25) is 4.79 Å². The highest BCUT2D eigenvalue weighted by molar-refractivity contribution is 5.78. The van der Waals surface area contributed by atoms with Gasteiger partial charge in [-0.2, -0.15) is 0 Å². The lowest BCUT2D eigenvalue weighted by Crippen LogP contribution is -2.45. The van der Waals surface area contributed by atoms with E-state index in [0.717, 1.165) is 51.3 Å². The number of piperazine rings is 1. The first-order chi connectivity index (χ1) is 10.5. The average molecular weight is 303 g/mol. The van der Waals surface area contributed by atoms with E-state index in [1.54, 1.807) is 0 Å². The summed E-state index contributed by atoms with van der Waals surface area (Å²) in [4.78, 5) is 16.8. The molecule has 22 heavy (non-hydrogen) atoms. The lowest BCUT2D eigenvalue weighted by molar-refractivity contribution is -0.120. The molecule has 0 saturated carbocycles. The molecular weight excluding hydrogens is 274 g/mol. The Bertz CT molecular complexity index is 493. The Morgan fingerprint density at radius 3 is 2.55 bits per heavy atom. The number of hydrogen-bond acceptors (Lipinski definition) is 3. The Morgan fingerprint density at radius 1 is 1.14 bits per heavy atom. The Kier molecular flexibility index (Phi) is 6.40. The van der Waals surface area contributed by atoms with Crippen LogP contribution in [0.15, 0.2) is 18.2 Å². The van der Waals surface area contributed by atoms with E-state index in [4.69, 9.17) is 0 Å². The van der Waals surface area contributed by atoms with Gasteiger partial charge in [-0.05, 0) is 50.6 Å². The molecule has 2 rings (SSSR count). The zero-order chi connectivity index (χ0) is 15.9. The molecule has 0 spiro atoms. The zero-order valence-corrected chi connectivity index (χ0v) is 14.2. The van der Waals surface area contributed by atoms with E-state index in [-0.39, 0.29) is 5.91 Å². The van der Waals surface area contributed by atoms with Crippen LogP contribution in [-0.4, -0.2) is 62.0 Å². The Balaban J connectivity index is 1.62. The van der Waals surface area contributed by atoms with Gasteiger partial charge in [0, 0.05) is 32.7 Å². The number of amides is 1. The van der Waals surface area contributed by atoms with Crippen LogP contribution in [0.3, 0.4) is 0 Å². The molecule has 1 aliphatic rings. The molecular formula is C18H29N3O. The van der Waals surface area contributed by atoms with Crippen molar-refractivity contribution < 1.29 is 4.79 Å². The van der Waals surface area contributed by atoms with Crippen LogP contribution in [0.2, 0.25) is 0 Å². The fourth-order valence-electron chi connectivity index (χ4n) is 2.76. The molecule has 0 aromatic heterocycles. The normalized spacial score (nSPS) is 16.7. The summed E-state index contributed by atoms with van der Waals surface area (Å²) in [6, 6.07) is 6.25. The van der Waals surface area contributed by atoms with Crippen LogP contribution < -0.4 is 5.32 Å². The number of carbonyl (C=O) groups excluding carboxylic acids is 1. The molecule has 122 valence electrons. The lowest BCUT2D eigenvalue weighted by atomic mass is 10.0. The summed E-state index contributed by atoms with van der Waals surface area (Å²) in [7, 11) is 2.17. The molecule has 0 atom stereocenters. The van der Waals surface area contributed by atoms with Crippen LogP contribution in [0.1, 0.15) is 23.1 Å². The Labute approximate surface area is 134 Å². The molecule has 1 heterocycles. The fourth-order valence-corrected chi connectivity index (χ4v) is 2.76. The van der Waals surface area contributed by atoms with Gasteiger partial charge in [0.2, 0.25) is 5.91 Å². The molecule has 1 saturated heterocycles. The van der Waals surface area contributed by atoms with Gasteiger partial charge in [-0.25, -0.2) is 0 Å². The zero-order valence-electron chi connectivity index (χ0n) is 14.2. The molecule has 0 radical (unpaired) electrons. The number of benzene rings is 1. The van der Waals surface area contributed by atoms with Crippen molar-refractivity contribution >= 4 is 5.91 Å². The molecule has 1 amide bonds. The minimum atomic E-state index is 0.127. The van der Waals surface area contributed by atoms with Gasteiger partial charge in [0.05, 0.1) is 6.42 Å². The van der Waals surface area contributed by atoms with E-state index in [9.17, 15) is 4.79 Å². The standard InChI is InChI=1S/C18H29N3O/c1-15-5-6-17(13-16(15)2)14-18(22)19-7-4-8-21-11-9-20(3)10-12-21/h5-6,13H,4,7-12,14H2,1-3H3,(H,19,22). The van der Waals surface area contributed by atoms with Gasteiger partial charge in [-0.15, -0.1) is 0 Å². The maximum atomic E-state index is 12.0. The van der Waals surface area contributed by atoms with Crippen LogP contribution >= 0.6 is 0 Å². The number of carbonyl (C=O) groups is 1. The topological polar surface area (TPSA) is 35.6 Å². The number of nitrogens with zero attached hydrogens (tertiary/aromatic N) is 2. The predicted octanol–water partition coefficient (Wildman–Crippen LogP) is 1.60. The predicted molar refractivity (Wildman–Crippen MR) is 91.2 cm³/mol. The summed E-state index contributed by atoms with van der Waals surface area (Å²) in [6.45, 7) is 10.6. The quantitative estimate of drug-likeness (QED) is 0.811. The van der Waals surface area contributed by atoms with Crippen molar-refractivity contribution in [3.8, 4) is 0 Å². The Hall–Kier alpha value is -1.39. The van der Waals surface area contributed by atoms with E-state index in [1.165, 1.54) is 11.1 Å². The van der Waals surface area contributed by atoms with E-state index in [1.807, 2.05) is 6.07 Å². The summed E-state index contributed by atoms with van der Waals surface area (Å²) >= 11 is 0. The van der Waals surface area contributed by atoms with Crippen LogP contribution in [-0.2, 0) is 11.2 Å². The van der Waals surface area contributed by atoms with E-state index < -0.39 is 0 Å². The minimum Gasteiger partial charge on any atom is -0.356 e. The average Bonchev–Trinajstić information content (AvgIpc) is 2.49. The van der Waals surface area contributed by atoms with Crippen LogP contribution in [0, 0.1) is 13.8 Å². The second-order valence-corrected chi connectivity index (χ2v) is 6.44. The van der Waals surface area contributed by atoms with Gasteiger partial charge in [-0.1, -0.05) is 18.2 Å². The molecule has 1 N–H and O–H groups in total. The van der Waals surface area contributed by atoms with Crippen molar-refractivity contribution in [2.45, 2.75) is 26.7 Å². The number of hydrogen-bond donors (Lipinski definition) is 1. The summed E-state index contributed by atoms with van der Waals surface area (Å²) < 4.78 is 0. The van der Waals surface area contributed by atoms with Crippen LogP contribution in [0.4, 0.5) is 0 Å². The fraction of sp³-hybridized carbons (Fsp3) is 0.611. The largest absolute Gasteiger partial charge is 0.356 e. The molecule has 1 aromatic rings. The number of rotatable bonds is 6. The molecule has 1 aliphatic heterocycles. The molecule has 0 aliphatic carbocycles. The van der Waals surface area contributed by atoms with E-state index in [0.29, 0.717) is 6.42 Å². The van der Waals surface area contributed by atoms with Crippen molar-refractivity contribution in [2.75, 3.05) is 46.3 Å². The first kappa shape index (κ1) is 17.0. The van der Waals surface area contributed by atoms with Gasteiger partial charge in [0.25, 0.3) is 0 Å². The van der Waals surface area contributed by atoms with Crippen molar-refractivity contribution in [3.05, 3.63) is 34.9 Å². The minimum absolute atomic E-state index is 0.127. The van der Waals surface area contributed by atoms with Gasteiger partial charge in [0.1, 0.15) is 0 Å². The second kappa shape index (κ2) is 8.30. The summed E-state index contributed by atoms with van der Waals surface area (Å²) in [5, 5.41) is 3.04. The number of likely N-dealkylation sites (N-methyl/N-ethyl adjacent to an activating group) is 1. The van der Waals surface area contributed by atoms with Gasteiger partial charge >= 0.3 is 0 Å². The number of nitrogens with one attached hydrogen (secondary N) is 1. The highest BCUT2D eigenvalue weighted by atomic mass is 16.1. The number of aryl methyl sites for hydroxylation is 2. The third kappa shape index (κ3) is 5.43. The molecule has 0 bridgehead atoms. The van der Waals surface area contributed by atoms with E-state index >= 15 is 0 Å². The molecule has 4 heteroatoms. The monoisotopic (exact) mass is 303 g/mol. The Morgan fingerprint density at radius 2 is 1.86 bits per heavy atom. The molecule has 4 nitrogen and oxygen atoms in total. The second-order valence-electron chi connectivity index (χ2n) is 6.44. The maximum absolute atomic E-state index is 12.0. The third-order valence-electron chi connectivity index (χ3n) is 4.51. The summed E-state index contributed by atoms with van der Waals surface area (Å²) in [6.07, 6.45) is 1.51. The van der Waals surface area contributed by atoms with Crippen molar-refractivity contribution in [3.63, 3.8) is 0 Å². The van der Waals surface area contributed by atoms with Crippen molar-refractivity contribution in [1.82, 2.24) is 15.1 Å². The van der Waals surface area contributed by atoms with Crippen molar-refractivity contribution in [2.24, 2.45) is 0 Å². The SMILES string of the molecule is Cc1ccc(CC(=O)NCCCN2CCN(C)CC2)cc1C. The first-order valence-electron chi connectivity index (χ1n) is 8.28. The summed E-state index contributed by atoms with van der Waals surface area (Å²) in [5.41, 5.74) is 3.62. The molecule has 1 fully saturated rings. The van der Waals surface area contributed by atoms with E-state index in [2.05, 4.69) is 48.1 Å². The van der Waals surface area contributed by atoms with Crippen LogP contribution in [0.25, 0.3) is 0 Å². The summed E-state index contributed by atoms with van der Waals surface area (Å²) in [5.74, 6) is 0.127. The molecule has 1 aromatic carbocycles. The van der Waals surface area contributed by atoms with Crippen LogP contribution in [0.5, 0.6) is 0 Å². The highest BCUT2D eigenvalue weighted by Gasteiger charge is 2.12. The smallest absolute Gasteiger partial charge is 0.224 e. The van der Waals surface area contributed by atoms with Crippen molar-refractivity contribution in [1.29, 1.82) is 0 Å². The van der Waals surface area contributed by atoms with Gasteiger partial charge < -0.3 is 15.1 Å². The third-order valence-corrected chi connectivity index (χ3v) is 4.51.